The van der Waals surface area contributed by atoms with Gasteiger partial charge in [-0.15, -0.1) is 0 Å². The molecule has 0 aliphatic carbocycles. The van der Waals surface area contributed by atoms with Gasteiger partial charge >= 0.3 is 0 Å². The number of anilines is 3. The van der Waals surface area contributed by atoms with Gasteiger partial charge in [-0.05, 0) is 12.1 Å². The highest BCUT2D eigenvalue weighted by molar-refractivity contribution is 5.72. The molecule has 0 bridgehead atoms. The number of hydrogen-bond donors (Lipinski definition) is 3. The zero-order valence-corrected chi connectivity index (χ0v) is 8.62. The Kier molecular flexibility index (Phi) is 2.63. The number of aromatic amines is 1. The van der Waals surface area contributed by atoms with Crippen LogP contribution >= 0.6 is 0 Å². The number of nitrogens with one attached hydrogen (secondary N) is 2. The van der Waals surface area contributed by atoms with Gasteiger partial charge in [0, 0.05) is 6.07 Å². The van der Waals surface area contributed by atoms with Crippen LogP contribution in [-0.4, -0.2) is 17.3 Å². The Balaban J connectivity index is 2.31. The number of nitrogen functional groups attached to an aromatic ring is 1. The van der Waals surface area contributed by atoms with Crippen molar-refractivity contribution in [3.63, 3.8) is 0 Å². The van der Waals surface area contributed by atoms with Gasteiger partial charge in [0.1, 0.15) is 23.1 Å². The average Bonchev–Trinajstić information content (AvgIpc) is 2.67. The molecule has 0 saturated carbocycles. The number of rotatable bonds is 3. The van der Waals surface area contributed by atoms with Crippen LogP contribution in [0.1, 0.15) is 0 Å². The summed E-state index contributed by atoms with van der Waals surface area (Å²) in [7, 11) is 1.47. The summed E-state index contributed by atoms with van der Waals surface area (Å²) in [5.74, 6) is 0.453. The fourth-order valence-electron chi connectivity index (χ4n) is 1.31. The summed E-state index contributed by atoms with van der Waals surface area (Å²) >= 11 is 0. The number of methoxy groups -OCH3 is 1. The van der Waals surface area contributed by atoms with Crippen LogP contribution in [0.15, 0.2) is 24.4 Å². The van der Waals surface area contributed by atoms with E-state index >= 15 is 0 Å². The maximum atomic E-state index is 12.9. The van der Waals surface area contributed by atoms with Gasteiger partial charge in [-0.2, -0.15) is 5.10 Å². The number of ether oxygens (including phenoxy) is 1. The van der Waals surface area contributed by atoms with E-state index in [4.69, 9.17) is 10.5 Å². The smallest absolute Gasteiger partial charge is 0.145 e. The van der Waals surface area contributed by atoms with Crippen LogP contribution < -0.4 is 15.8 Å². The molecule has 0 saturated heterocycles. The maximum Gasteiger partial charge on any atom is 0.145 e. The number of benzene rings is 1. The molecule has 2 rings (SSSR count). The molecule has 84 valence electrons. The Bertz CT molecular complexity index is 497. The molecule has 0 aliphatic rings. The Morgan fingerprint density at radius 3 is 2.88 bits per heavy atom. The second kappa shape index (κ2) is 4.09. The first kappa shape index (κ1) is 10.3. The maximum absolute atomic E-state index is 12.9. The van der Waals surface area contributed by atoms with Crippen molar-refractivity contribution in [3.8, 4) is 5.75 Å². The first-order valence-electron chi connectivity index (χ1n) is 4.60. The quantitative estimate of drug-likeness (QED) is 0.741. The molecule has 4 N–H and O–H groups in total. The molecule has 0 unspecified atom stereocenters. The Morgan fingerprint density at radius 1 is 1.44 bits per heavy atom. The number of nitrogens with two attached hydrogens (primary N) is 1. The van der Waals surface area contributed by atoms with Crippen LogP contribution in [0.5, 0.6) is 5.75 Å². The van der Waals surface area contributed by atoms with Crippen LogP contribution in [0, 0.1) is 5.82 Å². The second-order valence-electron chi connectivity index (χ2n) is 3.17. The van der Waals surface area contributed by atoms with Gasteiger partial charge in [0.2, 0.25) is 0 Å². The molecular weight excluding hydrogens is 211 g/mol. The molecule has 0 atom stereocenters. The SMILES string of the molecule is COc1cc(F)ccc1Nc1cn[nH]c1N. The zero-order valence-electron chi connectivity index (χ0n) is 8.62. The summed E-state index contributed by atoms with van der Waals surface area (Å²) in [6, 6.07) is 4.19. The molecule has 0 fully saturated rings. The van der Waals surface area contributed by atoms with Crippen LogP contribution in [0.4, 0.5) is 21.6 Å². The summed E-state index contributed by atoms with van der Waals surface area (Å²) in [4.78, 5) is 0. The van der Waals surface area contributed by atoms with Crippen LogP contribution in [-0.2, 0) is 0 Å². The Labute approximate surface area is 91.4 Å². The minimum absolute atomic E-state index is 0.359. The number of H-pyrrole nitrogens is 1. The van der Waals surface area contributed by atoms with Gasteiger partial charge < -0.3 is 15.8 Å². The first-order chi connectivity index (χ1) is 7.70. The Morgan fingerprint density at radius 2 is 2.25 bits per heavy atom. The summed E-state index contributed by atoms with van der Waals surface area (Å²) in [6.07, 6.45) is 1.54. The van der Waals surface area contributed by atoms with Crippen molar-refractivity contribution < 1.29 is 9.13 Å². The molecule has 0 amide bonds. The average molecular weight is 222 g/mol. The van der Waals surface area contributed by atoms with Crippen molar-refractivity contribution in [1.82, 2.24) is 10.2 Å². The number of hydrogen-bond acceptors (Lipinski definition) is 4. The zero-order chi connectivity index (χ0) is 11.5. The first-order valence-corrected chi connectivity index (χ1v) is 4.60. The van der Waals surface area contributed by atoms with Crippen molar-refractivity contribution in [2.75, 3.05) is 18.2 Å². The topological polar surface area (TPSA) is 76.0 Å². The third-order valence-corrected chi connectivity index (χ3v) is 2.10. The van der Waals surface area contributed by atoms with E-state index in [-0.39, 0.29) is 5.82 Å². The molecule has 0 spiro atoms. The summed E-state index contributed by atoms with van der Waals surface area (Å²) < 4.78 is 18.0. The third-order valence-electron chi connectivity index (χ3n) is 2.10. The lowest BCUT2D eigenvalue weighted by atomic mass is 10.2. The normalized spacial score (nSPS) is 10.1. The minimum Gasteiger partial charge on any atom is -0.494 e. The number of nitrogens with zero attached hydrogens (tertiary/aromatic N) is 1. The molecule has 6 heteroatoms. The van der Waals surface area contributed by atoms with Crippen molar-refractivity contribution >= 4 is 17.2 Å². The number of halogens is 1. The summed E-state index contributed by atoms with van der Waals surface area (Å²) in [5.41, 5.74) is 6.85. The molecule has 2 aromatic rings. The lowest BCUT2D eigenvalue weighted by Crippen LogP contribution is -1.97. The predicted molar refractivity (Wildman–Crippen MR) is 59.2 cm³/mol. The highest BCUT2D eigenvalue weighted by atomic mass is 19.1. The van der Waals surface area contributed by atoms with Crippen molar-refractivity contribution in [1.29, 1.82) is 0 Å². The number of aromatic nitrogens is 2. The van der Waals surface area contributed by atoms with Gasteiger partial charge in [-0.3, -0.25) is 5.10 Å². The van der Waals surface area contributed by atoms with Gasteiger partial charge in [0.05, 0.1) is 19.0 Å². The van der Waals surface area contributed by atoms with Crippen LogP contribution in [0.25, 0.3) is 0 Å². The van der Waals surface area contributed by atoms with Crippen molar-refractivity contribution in [2.45, 2.75) is 0 Å². The molecular formula is C10H11FN4O. The molecule has 0 radical (unpaired) electrons. The minimum atomic E-state index is -0.359. The lowest BCUT2D eigenvalue weighted by molar-refractivity contribution is 0.413. The third kappa shape index (κ3) is 1.90. The molecule has 16 heavy (non-hydrogen) atoms. The predicted octanol–water partition coefficient (Wildman–Crippen LogP) is 1.88. The highest BCUT2D eigenvalue weighted by Gasteiger charge is 2.07. The fraction of sp³-hybridized carbons (Fsp3) is 0.100. The Hall–Kier alpha value is -2.24. The van der Waals surface area contributed by atoms with E-state index in [1.54, 1.807) is 6.07 Å². The van der Waals surface area contributed by atoms with Crippen LogP contribution in [0.3, 0.4) is 0 Å². The van der Waals surface area contributed by atoms with Crippen molar-refractivity contribution in [2.24, 2.45) is 0 Å². The second-order valence-corrected chi connectivity index (χ2v) is 3.17. The standard InChI is InChI=1S/C10H11FN4O/c1-16-9-4-6(11)2-3-7(9)14-8-5-13-15-10(8)12/h2-5,14H,1H3,(H3,12,13,15). The lowest BCUT2D eigenvalue weighted by Gasteiger charge is -2.09. The largest absolute Gasteiger partial charge is 0.494 e. The fourth-order valence-corrected chi connectivity index (χ4v) is 1.31. The molecule has 1 aromatic heterocycles. The molecule has 0 aliphatic heterocycles. The van der Waals surface area contributed by atoms with E-state index < -0.39 is 0 Å². The molecule has 5 nitrogen and oxygen atoms in total. The molecule has 1 aromatic carbocycles. The summed E-state index contributed by atoms with van der Waals surface area (Å²) in [6.45, 7) is 0. The van der Waals surface area contributed by atoms with Crippen LogP contribution in [0.2, 0.25) is 0 Å². The molecule has 1 heterocycles. The van der Waals surface area contributed by atoms with Gasteiger partial charge in [-0.25, -0.2) is 4.39 Å². The van der Waals surface area contributed by atoms with E-state index in [0.29, 0.717) is 22.9 Å². The van der Waals surface area contributed by atoms with E-state index in [2.05, 4.69) is 15.5 Å². The van der Waals surface area contributed by atoms with E-state index in [0.717, 1.165) is 0 Å². The van der Waals surface area contributed by atoms with Gasteiger partial charge in [0.25, 0.3) is 0 Å². The van der Waals surface area contributed by atoms with E-state index in [9.17, 15) is 4.39 Å². The highest BCUT2D eigenvalue weighted by Crippen LogP contribution is 2.29. The summed E-state index contributed by atoms with van der Waals surface area (Å²) in [5, 5.41) is 9.34. The van der Waals surface area contributed by atoms with Crippen molar-refractivity contribution in [3.05, 3.63) is 30.2 Å². The van der Waals surface area contributed by atoms with Gasteiger partial charge in [-0.1, -0.05) is 0 Å². The van der Waals surface area contributed by atoms with E-state index in [1.807, 2.05) is 0 Å². The van der Waals surface area contributed by atoms with E-state index in [1.165, 1.54) is 25.4 Å². The monoisotopic (exact) mass is 222 g/mol. The van der Waals surface area contributed by atoms with Gasteiger partial charge in [0.15, 0.2) is 0 Å².